The fraction of sp³-hybridized carbons (Fsp3) is 0.571. The van der Waals surface area contributed by atoms with E-state index in [2.05, 4.69) is 41.2 Å². The van der Waals surface area contributed by atoms with Crippen molar-refractivity contribution in [2.24, 2.45) is 5.92 Å². The third-order valence-electron chi connectivity index (χ3n) is 3.03. The van der Waals surface area contributed by atoms with Gasteiger partial charge in [0.2, 0.25) is 0 Å². The van der Waals surface area contributed by atoms with Crippen LogP contribution in [-0.2, 0) is 6.54 Å². The van der Waals surface area contributed by atoms with Crippen molar-refractivity contribution in [1.82, 2.24) is 5.32 Å². The van der Waals surface area contributed by atoms with E-state index in [-0.39, 0.29) is 6.61 Å². The zero-order valence-corrected chi connectivity index (χ0v) is 12.8. The summed E-state index contributed by atoms with van der Waals surface area (Å²) < 4.78 is 6.17. The van der Waals surface area contributed by atoms with Crippen LogP contribution in [-0.4, -0.2) is 24.9 Å². The van der Waals surface area contributed by atoms with Crippen LogP contribution in [0.25, 0.3) is 0 Å². The first-order chi connectivity index (χ1) is 8.58. The molecule has 2 N–H and O–H groups in total. The molecule has 0 spiro atoms. The molecule has 102 valence electrons. The van der Waals surface area contributed by atoms with Crippen molar-refractivity contribution in [3.63, 3.8) is 0 Å². The van der Waals surface area contributed by atoms with E-state index in [0.29, 0.717) is 12.0 Å². The molecule has 1 aromatic rings. The van der Waals surface area contributed by atoms with Gasteiger partial charge in [-0.25, -0.2) is 0 Å². The second-order valence-electron chi connectivity index (χ2n) is 4.71. The summed E-state index contributed by atoms with van der Waals surface area (Å²) >= 11 is 3.48. The zero-order chi connectivity index (χ0) is 13.5. The van der Waals surface area contributed by atoms with Gasteiger partial charge in [0.1, 0.15) is 5.75 Å². The van der Waals surface area contributed by atoms with Gasteiger partial charge in [-0.2, -0.15) is 0 Å². The molecule has 1 aromatic carbocycles. The second-order valence-corrected chi connectivity index (χ2v) is 5.57. The quantitative estimate of drug-likeness (QED) is 0.813. The lowest BCUT2D eigenvalue weighted by Crippen LogP contribution is -2.34. The average molecular weight is 316 g/mol. The van der Waals surface area contributed by atoms with Crippen molar-refractivity contribution in [2.75, 3.05) is 13.7 Å². The van der Waals surface area contributed by atoms with Crippen molar-refractivity contribution in [3.05, 3.63) is 28.2 Å². The van der Waals surface area contributed by atoms with Crippen LogP contribution in [0.4, 0.5) is 0 Å². The van der Waals surface area contributed by atoms with Crippen LogP contribution < -0.4 is 10.1 Å². The highest BCUT2D eigenvalue weighted by Crippen LogP contribution is 2.25. The number of methoxy groups -OCH3 is 1. The van der Waals surface area contributed by atoms with Crippen molar-refractivity contribution in [3.8, 4) is 5.75 Å². The number of benzene rings is 1. The van der Waals surface area contributed by atoms with Gasteiger partial charge in [-0.1, -0.05) is 19.9 Å². The minimum atomic E-state index is 0.224. The van der Waals surface area contributed by atoms with E-state index < -0.39 is 0 Å². The number of hydrogen-bond acceptors (Lipinski definition) is 3. The highest BCUT2D eigenvalue weighted by molar-refractivity contribution is 9.10. The average Bonchev–Trinajstić information content (AvgIpc) is 2.34. The third-order valence-corrected chi connectivity index (χ3v) is 3.65. The number of rotatable bonds is 7. The van der Waals surface area contributed by atoms with E-state index >= 15 is 0 Å². The lowest BCUT2D eigenvalue weighted by molar-refractivity contribution is 0.244. The number of nitrogens with one attached hydrogen (secondary N) is 1. The van der Waals surface area contributed by atoms with Crippen molar-refractivity contribution < 1.29 is 9.84 Å². The molecular formula is C14H22BrNO2. The predicted octanol–water partition coefficient (Wildman–Crippen LogP) is 2.95. The molecule has 0 saturated carbocycles. The highest BCUT2D eigenvalue weighted by atomic mass is 79.9. The third kappa shape index (κ3) is 4.59. The molecule has 0 heterocycles. The molecule has 0 amide bonds. The van der Waals surface area contributed by atoms with Gasteiger partial charge in [-0.15, -0.1) is 0 Å². The molecule has 4 heteroatoms. The zero-order valence-electron chi connectivity index (χ0n) is 11.2. The normalized spacial score (nSPS) is 12.8. The molecular weight excluding hydrogens is 294 g/mol. The van der Waals surface area contributed by atoms with Gasteiger partial charge in [0, 0.05) is 19.2 Å². The van der Waals surface area contributed by atoms with Gasteiger partial charge in [-0.3, -0.25) is 0 Å². The summed E-state index contributed by atoms with van der Waals surface area (Å²) in [4.78, 5) is 0. The monoisotopic (exact) mass is 315 g/mol. The number of halogens is 1. The molecule has 1 atom stereocenters. The Hall–Kier alpha value is -0.580. The smallest absolute Gasteiger partial charge is 0.133 e. The van der Waals surface area contributed by atoms with Gasteiger partial charge in [0.05, 0.1) is 11.6 Å². The summed E-state index contributed by atoms with van der Waals surface area (Å²) in [6.45, 7) is 5.35. The van der Waals surface area contributed by atoms with Gasteiger partial charge in [-0.05, 0) is 46.0 Å². The summed E-state index contributed by atoms with van der Waals surface area (Å²) in [5.41, 5.74) is 1.20. The Balaban J connectivity index is 2.59. The Morgan fingerprint density at radius 2 is 2.11 bits per heavy atom. The van der Waals surface area contributed by atoms with Crippen LogP contribution in [0, 0.1) is 5.92 Å². The molecule has 0 aliphatic rings. The van der Waals surface area contributed by atoms with Crippen LogP contribution in [0.15, 0.2) is 22.7 Å². The van der Waals surface area contributed by atoms with E-state index in [1.165, 1.54) is 5.56 Å². The molecule has 0 fully saturated rings. The number of aliphatic hydroxyl groups excluding tert-OH is 1. The summed E-state index contributed by atoms with van der Waals surface area (Å²) in [7, 11) is 1.66. The van der Waals surface area contributed by atoms with E-state index in [1.54, 1.807) is 7.11 Å². The Bertz CT molecular complexity index is 369. The number of aliphatic hydroxyl groups is 1. The van der Waals surface area contributed by atoms with E-state index in [4.69, 9.17) is 9.84 Å². The molecule has 0 aromatic heterocycles. The Morgan fingerprint density at radius 1 is 1.39 bits per heavy atom. The fourth-order valence-electron chi connectivity index (χ4n) is 1.88. The van der Waals surface area contributed by atoms with Gasteiger partial charge in [0.25, 0.3) is 0 Å². The fourth-order valence-corrected chi connectivity index (χ4v) is 2.47. The first kappa shape index (κ1) is 15.5. The van der Waals surface area contributed by atoms with Crippen LogP contribution in [0.5, 0.6) is 5.75 Å². The van der Waals surface area contributed by atoms with Crippen molar-refractivity contribution >= 4 is 15.9 Å². The molecule has 0 radical (unpaired) electrons. The maximum Gasteiger partial charge on any atom is 0.133 e. The van der Waals surface area contributed by atoms with Crippen LogP contribution in [0.3, 0.4) is 0 Å². The number of hydrogen-bond donors (Lipinski definition) is 2. The molecule has 1 rings (SSSR count). The van der Waals surface area contributed by atoms with Crippen molar-refractivity contribution in [1.29, 1.82) is 0 Å². The summed E-state index contributed by atoms with van der Waals surface area (Å²) in [6, 6.07) is 6.41. The van der Waals surface area contributed by atoms with Crippen LogP contribution in [0.2, 0.25) is 0 Å². The SMILES string of the molecule is COc1ccc(CNC(CCO)C(C)C)cc1Br. The molecule has 0 aliphatic carbocycles. The van der Waals surface area contributed by atoms with Crippen molar-refractivity contribution in [2.45, 2.75) is 32.9 Å². The molecule has 0 bridgehead atoms. The number of ether oxygens (including phenoxy) is 1. The molecule has 0 aliphatic heterocycles. The van der Waals surface area contributed by atoms with Crippen LogP contribution in [0.1, 0.15) is 25.8 Å². The van der Waals surface area contributed by atoms with Gasteiger partial charge in [0.15, 0.2) is 0 Å². The molecule has 18 heavy (non-hydrogen) atoms. The maximum absolute atomic E-state index is 9.03. The van der Waals surface area contributed by atoms with Gasteiger partial charge >= 0.3 is 0 Å². The van der Waals surface area contributed by atoms with Crippen LogP contribution >= 0.6 is 15.9 Å². The molecule has 1 unspecified atom stereocenters. The predicted molar refractivity (Wildman–Crippen MR) is 77.9 cm³/mol. The second kappa shape index (κ2) is 7.77. The summed E-state index contributed by atoms with van der Waals surface area (Å²) in [5, 5.41) is 12.5. The minimum absolute atomic E-state index is 0.224. The minimum Gasteiger partial charge on any atom is -0.496 e. The molecule has 3 nitrogen and oxygen atoms in total. The van der Waals surface area contributed by atoms with Gasteiger partial charge < -0.3 is 15.2 Å². The first-order valence-electron chi connectivity index (χ1n) is 6.25. The Kier molecular flexibility index (Phi) is 6.68. The summed E-state index contributed by atoms with van der Waals surface area (Å²) in [5.74, 6) is 1.35. The Morgan fingerprint density at radius 3 is 2.61 bits per heavy atom. The standard InChI is InChI=1S/C14H22BrNO2/c1-10(2)13(6-7-17)16-9-11-4-5-14(18-3)12(15)8-11/h4-5,8,10,13,16-17H,6-7,9H2,1-3H3. The summed E-state index contributed by atoms with van der Waals surface area (Å²) in [6.07, 6.45) is 0.787. The first-order valence-corrected chi connectivity index (χ1v) is 7.04. The van der Waals surface area contributed by atoms with E-state index in [9.17, 15) is 0 Å². The largest absolute Gasteiger partial charge is 0.496 e. The Labute approximate surface area is 118 Å². The lowest BCUT2D eigenvalue weighted by atomic mass is 10.0. The van der Waals surface area contributed by atoms with E-state index in [1.807, 2.05) is 12.1 Å². The topological polar surface area (TPSA) is 41.5 Å². The van der Waals surface area contributed by atoms with E-state index in [0.717, 1.165) is 23.2 Å². The maximum atomic E-state index is 9.03. The molecule has 0 saturated heterocycles. The highest BCUT2D eigenvalue weighted by Gasteiger charge is 2.12. The lowest BCUT2D eigenvalue weighted by Gasteiger charge is -2.21.